The molecule has 1 rings (SSSR count). The van der Waals surface area contributed by atoms with E-state index < -0.39 is 0 Å². The van der Waals surface area contributed by atoms with Gasteiger partial charge >= 0.3 is 0 Å². The minimum atomic E-state index is 0.246. The highest BCUT2D eigenvalue weighted by molar-refractivity contribution is 4.70. The van der Waals surface area contributed by atoms with Crippen LogP contribution in [-0.2, 0) is 4.74 Å². The van der Waals surface area contributed by atoms with Crippen molar-refractivity contribution in [2.24, 2.45) is 5.41 Å². The molecule has 0 radical (unpaired) electrons. The summed E-state index contributed by atoms with van der Waals surface area (Å²) < 4.78 is 5.81. The zero-order chi connectivity index (χ0) is 13.4. The van der Waals surface area contributed by atoms with Gasteiger partial charge in [0.1, 0.15) is 0 Å². The molecule has 0 spiro atoms. The van der Waals surface area contributed by atoms with Crippen LogP contribution < -0.4 is 5.32 Å². The molecular weight excluding hydrogens is 224 g/mol. The van der Waals surface area contributed by atoms with Gasteiger partial charge in [-0.3, -0.25) is 0 Å². The van der Waals surface area contributed by atoms with Crippen LogP contribution in [0.15, 0.2) is 0 Å². The molecule has 1 aliphatic heterocycles. The van der Waals surface area contributed by atoms with Crippen LogP contribution in [0.4, 0.5) is 0 Å². The third-order valence-corrected chi connectivity index (χ3v) is 3.89. The topological polar surface area (TPSA) is 24.5 Å². The Morgan fingerprint density at radius 1 is 1.17 bits per heavy atom. The first kappa shape index (κ1) is 15.9. The van der Waals surface area contributed by atoms with E-state index in [4.69, 9.17) is 4.74 Å². The van der Waals surface area contributed by atoms with Crippen molar-refractivity contribution in [1.82, 2.24) is 10.2 Å². The maximum atomic E-state index is 5.81. The van der Waals surface area contributed by atoms with E-state index in [9.17, 15) is 0 Å². The van der Waals surface area contributed by atoms with Crippen LogP contribution in [0.5, 0.6) is 0 Å². The van der Waals surface area contributed by atoms with Crippen molar-refractivity contribution < 1.29 is 4.74 Å². The molecule has 1 N–H and O–H groups in total. The molecule has 1 saturated heterocycles. The van der Waals surface area contributed by atoms with Crippen LogP contribution in [0.1, 0.15) is 47.0 Å². The van der Waals surface area contributed by atoms with E-state index in [1.165, 1.54) is 38.9 Å². The lowest BCUT2D eigenvalue weighted by molar-refractivity contribution is -0.00297. The lowest BCUT2D eigenvalue weighted by Gasteiger charge is -2.27. The highest BCUT2D eigenvalue weighted by Gasteiger charge is 2.19. The molecule has 108 valence electrons. The number of likely N-dealkylation sites (tertiary alicyclic amines) is 1. The molecule has 1 aliphatic rings. The fourth-order valence-electron chi connectivity index (χ4n) is 2.12. The Morgan fingerprint density at radius 3 is 2.44 bits per heavy atom. The van der Waals surface area contributed by atoms with Gasteiger partial charge in [-0.25, -0.2) is 0 Å². The summed E-state index contributed by atoms with van der Waals surface area (Å²) in [5.74, 6) is 0. The molecule has 1 fully saturated rings. The van der Waals surface area contributed by atoms with Crippen LogP contribution in [0, 0.1) is 5.41 Å². The van der Waals surface area contributed by atoms with E-state index in [1.807, 2.05) is 0 Å². The van der Waals surface area contributed by atoms with E-state index in [1.54, 1.807) is 0 Å². The number of hydrogen-bond donors (Lipinski definition) is 1. The second kappa shape index (κ2) is 8.13. The molecular formula is C15H32N2O. The Bertz CT molecular complexity index is 207. The lowest BCUT2D eigenvalue weighted by Crippen LogP contribution is -2.30. The van der Waals surface area contributed by atoms with Gasteiger partial charge in [0.05, 0.1) is 12.7 Å². The second-order valence-electron chi connectivity index (χ2n) is 6.53. The first-order valence-electron chi connectivity index (χ1n) is 7.55. The molecule has 0 aromatic heterocycles. The maximum Gasteiger partial charge on any atom is 0.0595 e. The number of hydrogen-bond acceptors (Lipinski definition) is 3. The van der Waals surface area contributed by atoms with E-state index >= 15 is 0 Å². The third kappa shape index (κ3) is 6.72. The maximum absolute atomic E-state index is 5.81. The van der Waals surface area contributed by atoms with Gasteiger partial charge in [0.2, 0.25) is 0 Å². The molecule has 0 aromatic carbocycles. The predicted octanol–water partition coefficient (Wildman–Crippen LogP) is 2.51. The third-order valence-electron chi connectivity index (χ3n) is 3.89. The molecule has 0 saturated carbocycles. The smallest absolute Gasteiger partial charge is 0.0595 e. The van der Waals surface area contributed by atoms with E-state index in [0.717, 1.165) is 19.7 Å². The van der Waals surface area contributed by atoms with Crippen molar-refractivity contribution in [2.75, 3.05) is 39.3 Å². The van der Waals surface area contributed by atoms with Gasteiger partial charge in [-0.2, -0.15) is 0 Å². The van der Waals surface area contributed by atoms with E-state index in [-0.39, 0.29) is 5.41 Å². The summed E-state index contributed by atoms with van der Waals surface area (Å²) in [5, 5.41) is 3.46. The summed E-state index contributed by atoms with van der Waals surface area (Å²) in [6, 6.07) is 0. The van der Waals surface area contributed by atoms with Gasteiger partial charge in [-0.05, 0) is 57.8 Å². The van der Waals surface area contributed by atoms with Gasteiger partial charge in [0, 0.05) is 6.54 Å². The summed E-state index contributed by atoms with van der Waals surface area (Å²) >= 11 is 0. The monoisotopic (exact) mass is 256 g/mol. The van der Waals surface area contributed by atoms with E-state index in [0.29, 0.717) is 6.10 Å². The Kier molecular flexibility index (Phi) is 7.20. The fourth-order valence-corrected chi connectivity index (χ4v) is 2.12. The standard InChI is InChI=1S/C15H32N2O/c1-14(15(2,3)4)18-13-9-16-8-7-12-17-10-5-6-11-17/h14,16H,5-13H2,1-4H3. The minimum absolute atomic E-state index is 0.246. The van der Waals surface area contributed by atoms with Gasteiger partial charge < -0.3 is 15.0 Å². The molecule has 1 heterocycles. The van der Waals surface area contributed by atoms with E-state index in [2.05, 4.69) is 37.9 Å². The van der Waals surface area contributed by atoms with Crippen molar-refractivity contribution in [1.29, 1.82) is 0 Å². The van der Waals surface area contributed by atoms with Crippen molar-refractivity contribution in [2.45, 2.75) is 53.1 Å². The number of ether oxygens (including phenoxy) is 1. The highest BCUT2D eigenvalue weighted by Crippen LogP contribution is 2.21. The first-order chi connectivity index (χ1) is 8.50. The average Bonchev–Trinajstić information content (AvgIpc) is 2.79. The molecule has 0 aromatic rings. The lowest BCUT2D eigenvalue weighted by atomic mass is 9.90. The molecule has 1 atom stereocenters. The predicted molar refractivity (Wildman–Crippen MR) is 78.0 cm³/mol. The summed E-state index contributed by atoms with van der Waals surface area (Å²) in [4.78, 5) is 2.57. The molecule has 3 nitrogen and oxygen atoms in total. The fraction of sp³-hybridized carbons (Fsp3) is 1.00. The molecule has 0 bridgehead atoms. The van der Waals surface area contributed by atoms with Crippen LogP contribution >= 0.6 is 0 Å². The molecule has 0 aliphatic carbocycles. The quantitative estimate of drug-likeness (QED) is 0.675. The van der Waals surface area contributed by atoms with Gasteiger partial charge in [-0.15, -0.1) is 0 Å². The molecule has 18 heavy (non-hydrogen) atoms. The number of nitrogens with one attached hydrogen (secondary N) is 1. The second-order valence-corrected chi connectivity index (χ2v) is 6.53. The van der Waals surface area contributed by atoms with Gasteiger partial charge in [0.25, 0.3) is 0 Å². The average molecular weight is 256 g/mol. The Labute approximate surface area is 113 Å². The molecule has 1 unspecified atom stereocenters. The largest absolute Gasteiger partial charge is 0.377 e. The Morgan fingerprint density at radius 2 is 1.83 bits per heavy atom. The van der Waals surface area contributed by atoms with Crippen molar-refractivity contribution in [3.63, 3.8) is 0 Å². The summed E-state index contributed by atoms with van der Waals surface area (Å²) in [5.41, 5.74) is 0.246. The van der Waals surface area contributed by atoms with Gasteiger partial charge in [-0.1, -0.05) is 20.8 Å². The summed E-state index contributed by atoms with van der Waals surface area (Å²) in [6.07, 6.45) is 4.37. The zero-order valence-electron chi connectivity index (χ0n) is 12.8. The van der Waals surface area contributed by atoms with Gasteiger partial charge in [0.15, 0.2) is 0 Å². The molecule has 3 heteroatoms. The number of rotatable bonds is 8. The summed E-state index contributed by atoms with van der Waals surface area (Å²) in [7, 11) is 0. The molecule has 0 amide bonds. The highest BCUT2D eigenvalue weighted by atomic mass is 16.5. The minimum Gasteiger partial charge on any atom is -0.377 e. The van der Waals surface area contributed by atoms with Crippen molar-refractivity contribution in [3.8, 4) is 0 Å². The first-order valence-corrected chi connectivity index (χ1v) is 7.55. The Hall–Kier alpha value is -0.120. The van der Waals surface area contributed by atoms with Crippen LogP contribution in [0.3, 0.4) is 0 Å². The zero-order valence-corrected chi connectivity index (χ0v) is 12.8. The van der Waals surface area contributed by atoms with Crippen LogP contribution in [0.2, 0.25) is 0 Å². The summed E-state index contributed by atoms with van der Waals surface area (Å²) in [6.45, 7) is 15.6. The van der Waals surface area contributed by atoms with Crippen molar-refractivity contribution in [3.05, 3.63) is 0 Å². The van der Waals surface area contributed by atoms with Crippen LogP contribution in [0.25, 0.3) is 0 Å². The van der Waals surface area contributed by atoms with Crippen LogP contribution in [-0.4, -0.2) is 50.3 Å². The van der Waals surface area contributed by atoms with Crippen molar-refractivity contribution >= 4 is 0 Å². The SMILES string of the molecule is CC(OCCNCCCN1CCCC1)C(C)(C)C. The number of nitrogens with zero attached hydrogens (tertiary/aromatic N) is 1. The Balaban J connectivity index is 1.86. The normalized spacial score (nSPS) is 19.3.